The van der Waals surface area contributed by atoms with Gasteiger partial charge in [-0.25, -0.2) is 0 Å². The number of carbonyl (C=O) groups is 2. The highest BCUT2D eigenvalue weighted by molar-refractivity contribution is 5.83. The van der Waals surface area contributed by atoms with E-state index in [0.717, 1.165) is 43.7 Å². The van der Waals surface area contributed by atoms with E-state index in [0.29, 0.717) is 0 Å². The molecule has 1 saturated heterocycles. The van der Waals surface area contributed by atoms with Gasteiger partial charge in [0.05, 0.1) is 0 Å². The fraction of sp³-hybridized carbons (Fsp3) is 0.905. The zero-order valence-corrected chi connectivity index (χ0v) is 16.1. The van der Waals surface area contributed by atoms with E-state index in [1.165, 1.54) is 38.5 Å². The number of hydrogen-bond acceptors (Lipinski definition) is 2. The van der Waals surface area contributed by atoms with Crippen LogP contribution in [0.5, 0.6) is 0 Å². The predicted octanol–water partition coefficient (Wildman–Crippen LogP) is 3.36. The number of nitrogens with one attached hydrogen (secondary N) is 1. The molecule has 0 radical (unpaired) electrons. The van der Waals surface area contributed by atoms with Gasteiger partial charge in [0.1, 0.15) is 0 Å². The van der Waals surface area contributed by atoms with Crippen molar-refractivity contribution in [3.05, 3.63) is 0 Å². The van der Waals surface area contributed by atoms with Gasteiger partial charge >= 0.3 is 0 Å². The second kappa shape index (κ2) is 5.99. The van der Waals surface area contributed by atoms with Crippen molar-refractivity contribution in [3.8, 4) is 0 Å². The third kappa shape index (κ3) is 3.33. The molecule has 1 N–H and O–H groups in total. The lowest BCUT2D eigenvalue weighted by Crippen LogP contribution is -2.61. The van der Waals surface area contributed by atoms with Crippen LogP contribution >= 0.6 is 0 Å². The number of piperidine rings is 1. The molecule has 5 fully saturated rings. The molecule has 4 bridgehead atoms. The maximum atomic E-state index is 12.9. The summed E-state index contributed by atoms with van der Waals surface area (Å²) in [4.78, 5) is 27.3. The van der Waals surface area contributed by atoms with Crippen molar-refractivity contribution in [2.75, 3.05) is 13.1 Å². The molecule has 5 rings (SSSR count). The van der Waals surface area contributed by atoms with Gasteiger partial charge in [-0.15, -0.1) is 0 Å². The molecule has 0 aromatic carbocycles. The standard InChI is InChI=1S/C21H34N2O2/c1-20(2,3)19(25)23-6-4-17(5-7-23)18(24)22-21-11-14-8-15(12-21)10-16(9-14)13-21/h14-17H,4-13H2,1-3H3,(H,22,24). The zero-order chi connectivity index (χ0) is 17.8. The quantitative estimate of drug-likeness (QED) is 0.833. The van der Waals surface area contributed by atoms with Crippen LogP contribution in [0, 0.1) is 29.1 Å². The lowest BCUT2D eigenvalue weighted by molar-refractivity contribution is -0.143. The monoisotopic (exact) mass is 346 g/mol. The number of nitrogens with zero attached hydrogens (tertiary/aromatic N) is 1. The van der Waals surface area contributed by atoms with Crippen molar-refractivity contribution in [2.24, 2.45) is 29.1 Å². The van der Waals surface area contributed by atoms with Crippen molar-refractivity contribution in [1.82, 2.24) is 10.2 Å². The van der Waals surface area contributed by atoms with E-state index in [9.17, 15) is 9.59 Å². The Morgan fingerprint density at radius 3 is 1.84 bits per heavy atom. The number of rotatable bonds is 2. The van der Waals surface area contributed by atoms with Crippen LogP contribution in [0.3, 0.4) is 0 Å². The van der Waals surface area contributed by atoms with Crippen molar-refractivity contribution >= 4 is 11.8 Å². The summed E-state index contributed by atoms with van der Waals surface area (Å²) in [5.74, 6) is 3.16. The van der Waals surface area contributed by atoms with Crippen LogP contribution in [0.4, 0.5) is 0 Å². The van der Waals surface area contributed by atoms with Gasteiger partial charge in [0.15, 0.2) is 0 Å². The van der Waals surface area contributed by atoms with Crippen molar-refractivity contribution in [2.45, 2.75) is 77.7 Å². The van der Waals surface area contributed by atoms with Crippen LogP contribution in [0.15, 0.2) is 0 Å². The molecule has 1 aliphatic heterocycles. The number of amides is 2. The Hall–Kier alpha value is -1.06. The second-order valence-electron chi connectivity index (χ2n) is 10.5. The summed E-state index contributed by atoms with van der Waals surface area (Å²) < 4.78 is 0. The highest BCUT2D eigenvalue weighted by Gasteiger charge is 2.52. The zero-order valence-electron chi connectivity index (χ0n) is 16.1. The third-order valence-corrected chi connectivity index (χ3v) is 7.22. The van der Waals surface area contributed by atoms with Crippen LogP contribution in [-0.4, -0.2) is 35.3 Å². The number of hydrogen-bond donors (Lipinski definition) is 1. The van der Waals surface area contributed by atoms with Crippen LogP contribution < -0.4 is 5.32 Å². The molecule has 4 aliphatic carbocycles. The molecule has 0 aromatic rings. The summed E-state index contributed by atoms with van der Waals surface area (Å²) >= 11 is 0. The highest BCUT2D eigenvalue weighted by Crippen LogP contribution is 2.55. The molecule has 0 aromatic heterocycles. The van der Waals surface area contributed by atoms with Gasteiger partial charge in [-0.1, -0.05) is 20.8 Å². The molecule has 4 saturated carbocycles. The molecular weight excluding hydrogens is 312 g/mol. The summed E-state index contributed by atoms with van der Waals surface area (Å²) in [6.07, 6.45) is 9.50. The van der Waals surface area contributed by atoms with E-state index < -0.39 is 0 Å². The minimum absolute atomic E-state index is 0.0945. The first kappa shape index (κ1) is 17.4. The van der Waals surface area contributed by atoms with Crippen molar-refractivity contribution in [1.29, 1.82) is 0 Å². The van der Waals surface area contributed by atoms with Crippen LogP contribution in [0.1, 0.15) is 72.1 Å². The molecule has 140 valence electrons. The fourth-order valence-corrected chi connectivity index (χ4v) is 6.45. The first-order chi connectivity index (χ1) is 11.7. The average molecular weight is 347 g/mol. The lowest BCUT2D eigenvalue weighted by Gasteiger charge is -2.57. The fourth-order valence-electron chi connectivity index (χ4n) is 6.45. The Morgan fingerprint density at radius 2 is 1.40 bits per heavy atom. The lowest BCUT2D eigenvalue weighted by atomic mass is 9.53. The van der Waals surface area contributed by atoms with E-state index in [2.05, 4.69) is 5.32 Å². The molecule has 2 amide bonds. The largest absolute Gasteiger partial charge is 0.350 e. The molecule has 4 heteroatoms. The smallest absolute Gasteiger partial charge is 0.227 e. The van der Waals surface area contributed by atoms with E-state index in [1.54, 1.807) is 0 Å². The van der Waals surface area contributed by atoms with Gasteiger partial charge in [0, 0.05) is 30.0 Å². The molecule has 25 heavy (non-hydrogen) atoms. The molecule has 0 atom stereocenters. The number of carbonyl (C=O) groups excluding carboxylic acids is 2. The topological polar surface area (TPSA) is 49.4 Å². The average Bonchev–Trinajstić information content (AvgIpc) is 2.51. The maximum absolute atomic E-state index is 12.9. The molecular formula is C21H34N2O2. The van der Waals surface area contributed by atoms with Gasteiger partial charge in [-0.3, -0.25) is 9.59 Å². The minimum Gasteiger partial charge on any atom is -0.350 e. The van der Waals surface area contributed by atoms with Gasteiger partial charge in [-0.05, 0) is 69.1 Å². The van der Waals surface area contributed by atoms with Gasteiger partial charge in [-0.2, -0.15) is 0 Å². The number of likely N-dealkylation sites (tertiary alicyclic amines) is 1. The van der Waals surface area contributed by atoms with Gasteiger partial charge in [0.25, 0.3) is 0 Å². The Morgan fingerprint density at radius 1 is 0.920 bits per heavy atom. The van der Waals surface area contributed by atoms with E-state index in [4.69, 9.17) is 0 Å². The SMILES string of the molecule is CC(C)(C)C(=O)N1CCC(C(=O)NC23CC4CC(CC(C4)C2)C3)CC1. The Bertz CT molecular complexity index is 519. The Balaban J connectivity index is 1.33. The molecule has 5 aliphatic rings. The van der Waals surface area contributed by atoms with E-state index >= 15 is 0 Å². The predicted molar refractivity (Wildman–Crippen MR) is 97.8 cm³/mol. The van der Waals surface area contributed by atoms with Crippen LogP contribution in [0.2, 0.25) is 0 Å². The second-order valence-corrected chi connectivity index (χ2v) is 10.5. The van der Waals surface area contributed by atoms with Crippen molar-refractivity contribution < 1.29 is 9.59 Å². The summed E-state index contributed by atoms with van der Waals surface area (Å²) in [7, 11) is 0. The summed E-state index contributed by atoms with van der Waals surface area (Å²) in [6, 6.07) is 0. The van der Waals surface area contributed by atoms with Gasteiger partial charge < -0.3 is 10.2 Å². The summed E-state index contributed by atoms with van der Waals surface area (Å²) in [5.41, 5.74) is -0.210. The molecule has 0 unspecified atom stereocenters. The van der Waals surface area contributed by atoms with Crippen LogP contribution in [0.25, 0.3) is 0 Å². The van der Waals surface area contributed by atoms with E-state index in [-0.39, 0.29) is 28.7 Å². The molecule has 1 heterocycles. The first-order valence-corrected chi connectivity index (χ1v) is 10.4. The highest BCUT2D eigenvalue weighted by atomic mass is 16.2. The Labute approximate surface area is 152 Å². The first-order valence-electron chi connectivity index (χ1n) is 10.4. The Kier molecular flexibility index (Phi) is 4.16. The van der Waals surface area contributed by atoms with Crippen LogP contribution in [-0.2, 0) is 9.59 Å². The maximum Gasteiger partial charge on any atom is 0.227 e. The third-order valence-electron chi connectivity index (χ3n) is 7.22. The summed E-state index contributed by atoms with van der Waals surface area (Å²) in [6.45, 7) is 7.38. The van der Waals surface area contributed by atoms with Crippen molar-refractivity contribution in [3.63, 3.8) is 0 Å². The normalized spacial score (nSPS) is 38.0. The molecule has 4 nitrogen and oxygen atoms in total. The minimum atomic E-state index is -0.325. The summed E-state index contributed by atoms with van der Waals surface area (Å²) in [5, 5.41) is 3.53. The van der Waals surface area contributed by atoms with Gasteiger partial charge in [0.2, 0.25) is 11.8 Å². The molecule has 0 spiro atoms. The van der Waals surface area contributed by atoms with E-state index in [1.807, 2.05) is 25.7 Å².